The monoisotopic (exact) mass is 477 g/mol. The number of amides is 3. The smallest absolute Gasteiger partial charge is 0.321 e. The fourth-order valence-corrected chi connectivity index (χ4v) is 3.96. The number of likely N-dealkylation sites (N-methyl/N-ethyl adjacent to an activating group) is 1. The summed E-state index contributed by atoms with van der Waals surface area (Å²) in [6.45, 7) is 8.69. The Morgan fingerprint density at radius 2 is 2.18 bits per heavy atom. The lowest BCUT2D eigenvalue weighted by Gasteiger charge is -2.35. The summed E-state index contributed by atoms with van der Waals surface area (Å²) < 4.78 is 13.1. The van der Waals surface area contributed by atoms with Gasteiger partial charge in [0.1, 0.15) is 11.4 Å². The number of ether oxygens (including phenoxy) is 1. The van der Waals surface area contributed by atoms with E-state index in [2.05, 4.69) is 20.8 Å². The molecular formula is C22H35N7O5. The molecule has 2 aromatic heterocycles. The van der Waals surface area contributed by atoms with E-state index in [1.54, 1.807) is 36.7 Å². The third-order valence-electron chi connectivity index (χ3n) is 6.21. The number of nitrogens with one attached hydrogen (secondary N) is 1. The van der Waals surface area contributed by atoms with Crippen LogP contribution in [0.5, 0.6) is 0 Å². The van der Waals surface area contributed by atoms with Crippen molar-refractivity contribution in [2.24, 2.45) is 5.92 Å². The second-order valence-corrected chi connectivity index (χ2v) is 8.97. The lowest BCUT2D eigenvalue weighted by Crippen LogP contribution is -2.48. The Morgan fingerprint density at radius 1 is 1.41 bits per heavy atom. The fourth-order valence-electron chi connectivity index (χ4n) is 3.96. The molecule has 0 fully saturated rings. The highest BCUT2D eigenvalue weighted by atomic mass is 16.5. The predicted octanol–water partition coefficient (Wildman–Crippen LogP) is 1.57. The maximum absolute atomic E-state index is 12.9. The molecular weight excluding hydrogens is 442 g/mol. The van der Waals surface area contributed by atoms with Crippen molar-refractivity contribution in [2.75, 3.05) is 32.1 Å². The zero-order valence-corrected chi connectivity index (χ0v) is 20.5. The minimum Gasteiger partial charge on any atom is -0.394 e. The van der Waals surface area contributed by atoms with Gasteiger partial charge in [-0.1, -0.05) is 17.3 Å². The molecule has 0 aromatic carbocycles. The molecule has 0 saturated heterocycles. The van der Waals surface area contributed by atoms with Crippen molar-refractivity contribution in [3.8, 4) is 0 Å². The van der Waals surface area contributed by atoms with Crippen molar-refractivity contribution in [3.63, 3.8) is 0 Å². The molecule has 3 amide bonds. The van der Waals surface area contributed by atoms with Crippen molar-refractivity contribution < 1.29 is 24.0 Å². The number of aliphatic hydroxyl groups excluding tert-OH is 1. The summed E-state index contributed by atoms with van der Waals surface area (Å²) in [5, 5.41) is 24.5. The molecule has 2 N–H and O–H groups in total. The van der Waals surface area contributed by atoms with Crippen LogP contribution in [0.3, 0.4) is 0 Å². The molecule has 188 valence electrons. The van der Waals surface area contributed by atoms with E-state index in [1.165, 1.54) is 4.90 Å². The highest BCUT2D eigenvalue weighted by Gasteiger charge is 2.29. The van der Waals surface area contributed by atoms with E-state index in [-0.39, 0.29) is 49.8 Å². The van der Waals surface area contributed by atoms with E-state index in [4.69, 9.17) is 9.26 Å². The number of aromatic nitrogens is 4. The number of anilines is 1. The summed E-state index contributed by atoms with van der Waals surface area (Å²) in [6.07, 6.45) is 2.24. The predicted molar refractivity (Wildman–Crippen MR) is 123 cm³/mol. The number of hydrogen-bond donors (Lipinski definition) is 2. The summed E-state index contributed by atoms with van der Waals surface area (Å²) in [5.41, 5.74) is 1.96. The van der Waals surface area contributed by atoms with Gasteiger partial charge in [-0.05, 0) is 27.2 Å². The van der Waals surface area contributed by atoms with Crippen molar-refractivity contribution >= 4 is 17.6 Å². The number of nitrogens with zero attached hydrogens (tertiary/aromatic N) is 6. The Bertz CT molecular complexity index is 955. The molecule has 34 heavy (non-hydrogen) atoms. The summed E-state index contributed by atoms with van der Waals surface area (Å²) in [5.74, 6) is 0.387. The van der Waals surface area contributed by atoms with E-state index in [0.29, 0.717) is 43.1 Å². The number of hydrogen-bond acceptors (Lipinski definition) is 8. The summed E-state index contributed by atoms with van der Waals surface area (Å²) >= 11 is 0. The normalized spacial score (nSPS) is 20.8. The molecule has 3 heterocycles. The fraction of sp³-hybridized carbons (Fsp3) is 0.682. The number of carbonyl (C=O) groups is 2. The lowest BCUT2D eigenvalue weighted by molar-refractivity contribution is -0.136. The van der Waals surface area contributed by atoms with Crippen LogP contribution in [0.15, 0.2) is 10.7 Å². The van der Waals surface area contributed by atoms with Gasteiger partial charge < -0.3 is 29.5 Å². The average molecular weight is 478 g/mol. The molecule has 2 aromatic rings. The quantitative estimate of drug-likeness (QED) is 0.662. The second-order valence-electron chi connectivity index (χ2n) is 8.97. The van der Waals surface area contributed by atoms with E-state index < -0.39 is 0 Å². The topological polar surface area (TPSA) is 139 Å². The molecule has 0 radical (unpaired) electrons. The largest absolute Gasteiger partial charge is 0.394 e. The van der Waals surface area contributed by atoms with Crippen LogP contribution in [-0.2, 0) is 22.7 Å². The third kappa shape index (κ3) is 6.11. The van der Waals surface area contributed by atoms with Gasteiger partial charge in [0.25, 0.3) is 0 Å². The van der Waals surface area contributed by atoms with Gasteiger partial charge in [0.05, 0.1) is 37.3 Å². The second kappa shape index (κ2) is 11.4. The number of aryl methyl sites for hydroxylation is 3. The van der Waals surface area contributed by atoms with E-state index in [1.807, 2.05) is 13.8 Å². The molecule has 0 spiro atoms. The third-order valence-corrected chi connectivity index (χ3v) is 6.21. The average Bonchev–Trinajstić information content (AvgIpc) is 3.39. The van der Waals surface area contributed by atoms with Crippen molar-refractivity contribution in [1.82, 2.24) is 30.0 Å². The van der Waals surface area contributed by atoms with Crippen LogP contribution in [-0.4, -0.2) is 85.9 Å². The van der Waals surface area contributed by atoms with Crippen molar-refractivity contribution in [1.29, 1.82) is 0 Å². The Hall–Kier alpha value is -2.99. The van der Waals surface area contributed by atoms with Crippen LogP contribution in [0.1, 0.15) is 43.8 Å². The minimum absolute atomic E-state index is 0.0288. The number of carbonyl (C=O) groups excluding carboxylic acids is 2. The van der Waals surface area contributed by atoms with Crippen LogP contribution in [0, 0.1) is 19.8 Å². The highest BCUT2D eigenvalue weighted by Crippen LogP contribution is 2.21. The van der Waals surface area contributed by atoms with Gasteiger partial charge in [-0.3, -0.25) is 4.79 Å². The van der Waals surface area contributed by atoms with Gasteiger partial charge in [0.15, 0.2) is 5.76 Å². The zero-order valence-electron chi connectivity index (χ0n) is 20.5. The van der Waals surface area contributed by atoms with Gasteiger partial charge in [-0.25, -0.2) is 9.48 Å². The Kier molecular flexibility index (Phi) is 8.61. The maximum Gasteiger partial charge on any atom is 0.321 e. The van der Waals surface area contributed by atoms with Crippen LogP contribution in [0.4, 0.5) is 10.5 Å². The van der Waals surface area contributed by atoms with Gasteiger partial charge in [-0.15, -0.1) is 5.10 Å². The van der Waals surface area contributed by atoms with E-state index in [9.17, 15) is 14.7 Å². The maximum atomic E-state index is 12.9. The van der Waals surface area contributed by atoms with Gasteiger partial charge in [0.2, 0.25) is 5.91 Å². The van der Waals surface area contributed by atoms with Gasteiger partial charge in [-0.2, -0.15) is 0 Å². The molecule has 3 rings (SSSR count). The summed E-state index contributed by atoms with van der Waals surface area (Å²) in [4.78, 5) is 29.1. The zero-order chi connectivity index (χ0) is 24.8. The van der Waals surface area contributed by atoms with Crippen LogP contribution >= 0.6 is 0 Å². The number of urea groups is 1. The summed E-state index contributed by atoms with van der Waals surface area (Å²) in [7, 11) is 1.69. The molecule has 1 aliphatic heterocycles. The first-order valence-corrected chi connectivity index (χ1v) is 11.6. The molecule has 0 unspecified atom stereocenters. The van der Waals surface area contributed by atoms with Gasteiger partial charge in [0, 0.05) is 39.0 Å². The Balaban J connectivity index is 1.78. The molecule has 0 saturated carbocycles. The first-order valence-electron chi connectivity index (χ1n) is 11.6. The molecule has 0 aliphatic carbocycles. The SMILES string of the molecule is Cc1noc(C)c1NC(=O)N(C)C[C@@H]1OCc2cnnn2CCCC(=O)N([C@H](C)CO)C[C@@H]1C. The van der Waals surface area contributed by atoms with Gasteiger partial charge >= 0.3 is 6.03 Å². The number of rotatable bonds is 5. The van der Waals surface area contributed by atoms with E-state index >= 15 is 0 Å². The molecule has 3 atom stereocenters. The lowest BCUT2D eigenvalue weighted by atomic mass is 10.0. The number of fused-ring (bicyclic) bond motifs is 1. The molecule has 12 nitrogen and oxygen atoms in total. The van der Waals surface area contributed by atoms with Crippen molar-refractivity contribution in [3.05, 3.63) is 23.3 Å². The van der Waals surface area contributed by atoms with E-state index in [0.717, 1.165) is 5.69 Å². The summed E-state index contributed by atoms with van der Waals surface area (Å²) in [6, 6.07) is -0.638. The minimum atomic E-state index is -0.385. The molecule has 0 bridgehead atoms. The molecule has 12 heteroatoms. The van der Waals surface area contributed by atoms with Crippen LogP contribution in [0.25, 0.3) is 0 Å². The van der Waals surface area contributed by atoms with Crippen LogP contribution < -0.4 is 5.32 Å². The van der Waals surface area contributed by atoms with Crippen molar-refractivity contribution in [2.45, 2.75) is 65.8 Å². The number of aliphatic hydroxyl groups is 1. The molecule has 1 aliphatic rings. The Labute approximate surface area is 199 Å². The first kappa shape index (κ1) is 25.6. The standard InChI is InChI=1S/C22H35N7O5/c1-14-10-28(15(2)12-30)20(31)7-6-8-29-18(9-23-26-29)13-33-19(14)11-27(5)22(32)24-21-16(3)25-34-17(21)4/h9,14-15,19,30H,6-8,10-13H2,1-5H3,(H,24,32)/t14-,15+,19-/m0/s1. The first-order chi connectivity index (χ1) is 16.2. The highest BCUT2D eigenvalue weighted by molar-refractivity contribution is 5.90. The van der Waals surface area contributed by atoms with Crippen LogP contribution in [0.2, 0.25) is 0 Å². The Morgan fingerprint density at radius 3 is 2.85 bits per heavy atom.